The van der Waals surface area contributed by atoms with Crippen LogP contribution in [0.5, 0.6) is 0 Å². The van der Waals surface area contributed by atoms with Gasteiger partial charge in [-0.2, -0.15) is 5.10 Å². The second-order valence-corrected chi connectivity index (χ2v) is 4.58. The smallest absolute Gasteiger partial charge is 0.278 e. The average Bonchev–Trinajstić information content (AvgIpc) is 2.84. The molecule has 1 aromatic heterocycles. The first kappa shape index (κ1) is 13.2. The Balaban J connectivity index is 2.37. The van der Waals surface area contributed by atoms with E-state index in [0.29, 0.717) is 23.8 Å². The Kier molecular flexibility index (Phi) is 3.91. The van der Waals surface area contributed by atoms with Gasteiger partial charge in [0.05, 0.1) is 22.4 Å². The molecule has 100 valence electrons. The molecule has 0 spiro atoms. The zero-order valence-electron chi connectivity index (χ0n) is 10.9. The number of para-hydroxylation sites is 1. The van der Waals surface area contributed by atoms with Crippen molar-refractivity contribution in [3.63, 3.8) is 0 Å². The molecule has 0 unspecified atom stereocenters. The highest BCUT2D eigenvalue weighted by Gasteiger charge is 2.18. The molecule has 0 aliphatic rings. The van der Waals surface area contributed by atoms with Crippen LogP contribution in [0.4, 0.5) is 5.69 Å². The Bertz CT molecular complexity index is 578. The lowest BCUT2D eigenvalue weighted by Crippen LogP contribution is -2.21. The van der Waals surface area contributed by atoms with Gasteiger partial charge in [0.15, 0.2) is 0 Å². The predicted octanol–water partition coefficient (Wildman–Crippen LogP) is 2.48. The summed E-state index contributed by atoms with van der Waals surface area (Å²) in [7, 11) is 0. The summed E-state index contributed by atoms with van der Waals surface area (Å²) in [6, 6.07) is 7.00. The van der Waals surface area contributed by atoms with Crippen molar-refractivity contribution in [1.29, 1.82) is 0 Å². The van der Waals surface area contributed by atoms with E-state index in [4.69, 9.17) is 0 Å². The fourth-order valence-electron chi connectivity index (χ4n) is 1.84. The van der Waals surface area contributed by atoms with E-state index in [9.17, 15) is 10.1 Å². The lowest BCUT2D eigenvalue weighted by Gasteiger charge is -2.08. The fourth-order valence-corrected chi connectivity index (χ4v) is 1.84. The van der Waals surface area contributed by atoms with Gasteiger partial charge in [-0.05, 0) is 6.07 Å². The summed E-state index contributed by atoms with van der Waals surface area (Å²) in [6.45, 7) is 4.71. The van der Waals surface area contributed by atoms with Gasteiger partial charge >= 0.3 is 0 Å². The number of nitrogens with zero attached hydrogens (tertiary/aromatic N) is 2. The van der Waals surface area contributed by atoms with Crippen molar-refractivity contribution in [3.05, 3.63) is 46.1 Å². The minimum Gasteiger partial charge on any atom is -0.310 e. The maximum absolute atomic E-state index is 11.0. The molecule has 1 aromatic carbocycles. The van der Waals surface area contributed by atoms with Crippen LogP contribution in [-0.4, -0.2) is 21.2 Å². The van der Waals surface area contributed by atoms with Crippen LogP contribution in [-0.2, 0) is 6.54 Å². The Morgan fingerprint density at radius 2 is 2.16 bits per heavy atom. The number of aromatic nitrogens is 2. The molecule has 0 saturated heterocycles. The first-order chi connectivity index (χ1) is 9.09. The van der Waals surface area contributed by atoms with Gasteiger partial charge < -0.3 is 5.32 Å². The molecule has 0 saturated carbocycles. The van der Waals surface area contributed by atoms with Gasteiger partial charge in [0.2, 0.25) is 0 Å². The highest BCUT2D eigenvalue weighted by molar-refractivity contribution is 5.72. The monoisotopic (exact) mass is 260 g/mol. The standard InChI is InChI=1S/C13H16N4O2/c1-9(2)14-7-10-8-15-16-13(10)11-5-3-4-6-12(11)17(18)19/h3-6,8-9,14H,7H2,1-2H3,(H,15,16). The topological polar surface area (TPSA) is 83.8 Å². The molecule has 2 rings (SSSR count). The fraction of sp³-hybridized carbons (Fsp3) is 0.308. The van der Waals surface area contributed by atoms with Crippen molar-refractivity contribution >= 4 is 5.69 Å². The van der Waals surface area contributed by atoms with Crippen molar-refractivity contribution in [2.45, 2.75) is 26.4 Å². The first-order valence-corrected chi connectivity index (χ1v) is 6.09. The first-order valence-electron chi connectivity index (χ1n) is 6.09. The molecule has 0 bridgehead atoms. The zero-order valence-corrected chi connectivity index (χ0v) is 10.9. The van der Waals surface area contributed by atoms with Crippen LogP contribution in [0.1, 0.15) is 19.4 Å². The highest BCUT2D eigenvalue weighted by atomic mass is 16.6. The zero-order chi connectivity index (χ0) is 13.8. The third-order valence-corrected chi connectivity index (χ3v) is 2.79. The van der Waals surface area contributed by atoms with E-state index in [1.165, 1.54) is 6.07 Å². The summed E-state index contributed by atoms with van der Waals surface area (Å²) < 4.78 is 0. The summed E-state index contributed by atoms with van der Waals surface area (Å²) in [4.78, 5) is 10.7. The van der Waals surface area contributed by atoms with Crippen molar-refractivity contribution in [3.8, 4) is 11.3 Å². The molecule has 19 heavy (non-hydrogen) atoms. The van der Waals surface area contributed by atoms with Gasteiger partial charge in [-0.3, -0.25) is 15.2 Å². The molecule has 6 heteroatoms. The molecule has 0 fully saturated rings. The largest absolute Gasteiger partial charge is 0.310 e. The summed E-state index contributed by atoms with van der Waals surface area (Å²) in [5.74, 6) is 0. The van der Waals surface area contributed by atoms with Gasteiger partial charge in [-0.1, -0.05) is 26.0 Å². The number of benzene rings is 1. The molecule has 6 nitrogen and oxygen atoms in total. The van der Waals surface area contributed by atoms with Gasteiger partial charge in [-0.15, -0.1) is 0 Å². The third kappa shape index (κ3) is 2.97. The van der Waals surface area contributed by atoms with E-state index in [1.807, 2.05) is 13.8 Å². The van der Waals surface area contributed by atoms with Crippen molar-refractivity contribution in [1.82, 2.24) is 15.5 Å². The quantitative estimate of drug-likeness (QED) is 0.639. The van der Waals surface area contributed by atoms with Crippen molar-refractivity contribution in [2.75, 3.05) is 0 Å². The van der Waals surface area contributed by atoms with Gasteiger partial charge in [-0.25, -0.2) is 0 Å². The Labute approximate surface area is 111 Å². The van der Waals surface area contributed by atoms with Crippen LogP contribution in [0.2, 0.25) is 0 Å². The number of hydrogen-bond donors (Lipinski definition) is 2. The molecular weight excluding hydrogens is 244 g/mol. The van der Waals surface area contributed by atoms with E-state index >= 15 is 0 Å². The highest BCUT2D eigenvalue weighted by Crippen LogP contribution is 2.30. The number of nitro groups is 1. The Morgan fingerprint density at radius 1 is 1.42 bits per heavy atom. The number of aromatic amines is 1. The van der Waals surface area contributed by atoms with Crippen LogP contribution >= 0.6 is 0 Å². The molecule has 0 aliphatic carbocycles. The third-order valence-electron chi connectivity index (χ3n) is 2.79. The number of nitrogens with one attached hydrogen (secondary N) is 2. The van der Waals surface area contributed by atoms with E-state index in [-0.39, 0.29) is 10.6 Å². The van der Waals surface area contributed by atoms with E-state index in [1.54, 1.807) is 24.4 Å². The van der Waals surface area contributed by atoms with Crippen LogP contribution in [0.3, 0.4) is 0 Å². The van der Waals surface area contributed by atoms with Crippen LogP contribution in [0, 0.1) is 10.1 Å². The molecule has 0 radical (unpaired) electrons. The predicted molar refractivity (Wildman–Crippen MR) is 72.7 cm³/mol. The molecule has 0 aliphatic heterocycles. The summed E-state index contributed by atoms with van der Waals surface area (Å²) in [5.41, 5.74) is 2.26. The van der Waals surface area contributed by atoms with Gasteiger partial charge in [0, 0.05) is 24.2 Å². The van der Waals surface area contributed by atoms with Crippen LogP contribution in [0.15, 0.2) is 30.5 Å². The molecule has 2 N–H and O–H groups in total. The molecule has 0 amide bonds. The molecule has 2 aromatic rings. The average molecular weight is 260 g/mol. The number of nitro benzene ring substituents is 1. The SMILES string of the molecule is CC(C)NCc1cn[nH]c1-c1ccccc1[N+](=O)[O-]. The Morgan fingerprint density at radius 3 is 2.84 bits per heavy atom. The Hall–Kier alpha value is -2.21. The maximum atomic E-state index is 11.0. The lowest BCUT2D eigenvalue weighted by atomic mass is 10.1. The second kappa shape index (κ2) is 5.62. The van der Waals surface area contributed by atoms with Crippen LogP contribution < -0.4 is 5.32 Å². The van der Waals surface area contributed by atoms with E-state index < -0.39 is 0 Å². The summed E-state index contributed by atoms with van der Waals surface area (Å²) in [6.07, 6.45) is 1.70. The van der Waals surface area contributed by atoms with Crippen molar-refractivity contribution in [2.24, 2.45) is 0 Å². The number of rotatable bonds is 5. The lowest BCUT2D eigenvalue weighted by molar-refractivity contribution is -0.384. The molecular formula is C13H16N4O2. The second-order valence-electron chi connectivity index (χ2n) is 4.58. The minimum atomic E-state index is -0.379. The normalized spacial score (nSPS) is 10.9. The minimum absolute atomic E-state index is 0.0811. The van der Waals surface area contributed by atoms with Gasteiger partial charge in [0.25, 0.3) is 5.69 Å². The maximum Gasteiger partial charge on any atom is 0.278 e. The van der Waals surface area contributed by atoms with Crippen molar-refractivity contribution < 1.29 is 4.92 Å². The van der Waals surface area contributed by atoms with E-state index in [2.05, 4.69) is 15.5 Å². The number of H-pyrrole nitrogens is 1. The van der Waals surface area contributed by atoms with Gasteiger partial charge in [0.1, 0.15) is 0 Å². The summed E-state index contributed by atoms with van der Waals surface area (Å²) in [5, 5.41) is 21.2. The number of hydrogen-bond acceptors (Lipinski definition) is 4. The molecule has 1 heterocycles. The molecule has 0 atom stereocenters. The summed E-state index contributed by atoms with van der Waals surface area (Å²) >= 11 is 0. The van der Waals surface area contributed by atoms with E-state index in [0.717, 1.165) is 5.56 Å². The van der Waals surface area contributed by atoms with Crippen LogP contribution in [0.25, 0.3) is 11.3 Å².